The third-order valence-corrected chi connectivity index (χ3v) is 7.77. The minimum absolute atomic E-state index is 0.112. The van der Waals surface area contributed by atoms with Crippen LogP contribution in [-0.2, 0) is 16.6 Å². The molecule has 7 nitrogen and oxygen atoms in total. The van der Waals surface area contributed by atoms with Crippen molar-refractivity contribution in [2.24, 2.45) is 0 Å². The molecular weight excluding hydrogens is 473 g/mol. The molecule has 1 N–H and O–H groups in total. The van der Waals surface area contributed by atoms with Gasteiger partial charge in [0, 0.05) is 12.1 Å². The fourth-order valence-corrected chi connectivity index (χ4v) is 5.10. The zero-order valence-electron chi connectivity index (χ0n) is 17.8. The summed E-state index contributed by atoms with van der Waals surface area (Å²) in [7, 11) is -3.76. The summed E-state index contributed by atoms with van der Waals surface area (Å²) in [6, 6.07) is 4.36. The van der Waals surface area contributed by atoms with Crippen molar-refractivity contribution < 1.29 is 13.2 Å². The highest BCUT2D eigenvalue weighted by atomic mass is 35.5. The number of aromatic nitrogens is 2. The van der Waals surface area contributed by atoms with Gasteiger partial charge in [-0.25, -0.2) is 13.1 Å². The van der Waals surface area contributed by atoms with Crippen LogP contribution in [0.3, 0.4) is 0 Å². The van der Waals surface area contributed by atoms with Gasteiger partial charge in [0.25, 0.3) is 11.5 Å². The lowest BCUT2D eigenvalue weighted by Gasteiger charge is -2.31. The number of carbonyl (C=O) groups excluding carboxylic acids is 1. The molecule has 0 saturated heterocycles. The number of nitrogens with zero attached hydrogens (tertiary/aromatic N) is 2. The van der Waals surface area contributed by atoms with Crippen molar-refractivity contribution >= 4 is 50.0 Å². The number of hydrogen-bond acceptors (Lipinski definition) is 5. The zero-order chi connectivity index (χ0) is 23.5. The van der Waals surface area contributed by atoms with E-state index in [4.69, 9.17) is 23.2 Å². The Bertz CT molecular complexity index is 1250. The number of amides is 1. The fourth-order valence-electron chi connectivity index (χ4n) is 3.52. The van der Waals surface area contributed by atoms with Crippen LogP contribution >= 0.6 is 23.2 Å². The van der Waals surface area contributed by atoms with Crippen LogP contribution in [0.1, 0.15) is 42.4 Å². The van der Waals surface area contributed by atoms with Gasteiger partial charge in [-0.05, 0) is 31.5 Å². The van der Waals surface area contributed by atoms with Crippen molar-refractivity contribution in [3.05, 3.63) is 64.2 Å². The van der Waals surface area contributed by atoms with Gasteiger partial charge in [0.15, 0.2) is 0 Å². The van der Waals surface area contributed by atoms with Crippen LogP contribution in [0.15, 0.2) is 47.3 Å². The predicted octanol–water partition coefficient (Wildman–Crippen LogP) is 3.67. The number of rotatable bonds is 8. The Morgan fingerprint density at radius 2 is 2.03 bits per heavy atom. The van der Waals surface area contributed by atoms with E-state index >= 15 is 0 Å². The van der Waals surface area contributed by atoms with Gasteiger partial charge in [0.05, 0.1) is 22.0 Å². The second-order valence-electron chi connectivity index (χ2n) is 7.81. The van der Waals surface area contributed by atoms with Gasteiger partial charge >= 0.3 is 0 Å². The van der Waals surface area contributed by atoms with Crippen molar-refractivity contribution in [2.45, 2.75) is 49.9 Å². The summed E-state index contributed by atoms with van der Waals surface area (Å²) < 4.78 is 28.3. The minimum Gasteiger partial charge on any atom is -0.327 e. The number of benzene rings is 1. The molecule has 1 heterocycles. The Kier molecular flexibility index (Phi) is 7.47. The number of fused-ring (bicyclic) bond motifs is 1. The summed E-state index contributed by atoms with van der Waals surface area (Å²) in [6.07, 6.45) is 9.24. The predicted molar refractivity (Wildman–Crippen MR) is 128 cm³/mol. The Hall–Kier alpha value is -2.16. The molecule has 2 aromatic rings. The van der Waals surface area contributed by atoms with Crippen molar-refractivity contribution in [2.75, 3.05) is 5.75 Å². The molecule has 1 aliphatic rings. The van der Waals surface area contributed by atoms with E-state index in [2.05, 4.69) is 9.71 Å². The minimum atomic E-state index is -3.76. The van der Waals surface area contributed by atoms with Crippen LogP contribution < -0.4 is 10.3 Å². The molecular formula is C22H25Cl2N3O4S. The van der Waals surface area contributed by atoms with Crippen LogP contribution in [0.4, 0.5) is 0 Å². The number of unbranched alkanes of at least 4 members (excludes halogenated alkanes) is 2. The van der Waals surface area contributed by atoms with Gasteiger partial charge in [-0.3, -0.25) is 9.59 Å². The Morgan fingerprint density at radius 1 is 1.28 bits per heavy atom. The molecule has 0 radical (unpaired) electrons. The van der Waals surface area contributed by atoms with E-state index in [1.807, 2.05) is 6.92 Å². The molecule has 0 fully saturated rings. The molecule has 0 spiro atoms. The molecule has 2 unspecified atom stereocenters. The first-order chi connectivity index (χ1) is 15.1. The van der Waals surface area contributed by atoms with Gasteiger partial charge in [-0.15, -0.1) is 23.2 Å². The number of allylic oxidation sites excluding steroid dienone is 4. The SMILES string of the molecule is CCCCCS(=O)(=O)NC(=O)c1ccc2c(=O)nc(C)n(CC3(Cl)C=CC=CC3Cl)c2c1. The van der Waals surface area contributed by atoms with Crippen LogP contribution in [0.2, 0.25) is 0 Å². The normalized spacial score (nSPS) is 20.6. The number of nitrogens with one attached hydrogen (secondary N) is 1. The molecule has 1 aromatic heterocycles. The number of halogens is 2. The largest absolute Gasteiger partial charge is 0.327 e. The first kappa shape index (κ1) is 24.5. The first-order valence-electron chi connectivity index (χ1n) is 10.3. The highest BCUT2D eigenvalue weighted by Crippen LogP contribution is 2.33. The highest BCUT2D eigenvalue weighted by molar-refractivity contribution is 7.90. The second-order valence-corrected chi connectivity index (χ2v) is 10.8. The number of sulfonamides is 1. The molecule has 1 amide bonds. The topological polar surface area (TPSA) is 98.1 Å². The van der Waals surface area contributed by atoms with Crippen molar-refractivity contribution in [1.82, 2.24) is 14.3 Å². The molecule has 0 aliphatic heterocycles. The van der Waals surface area contributed by atoms with E-state index in [0.717, 1.165) is 12.8 Å². The first-order valence-corrected chi connectivity index (χ1v) is 12.8. The fraction of sp³-hybridized carbons (Fsp3) is 0.409. The van der Waals surface area contributed by atoms with E-state index in [1.54, 1.807) is 35.8 Å². The maximum absolute atomic E-state index is 12.7. The second kappa shape index (κ2) is 9.77. The number of alkyl halides is 2. The van der Waals surface area contributed by atoms with E-state index in [9.17, 15) is 18.0 Å². The van der Waals surface area contributed by atoms with Gasteiger partial charge in [-0.1, -0.05) is 44.1 Å². The quantitative estimate of drug-likeness (QED) is 0.443. The molecule has 3 rings (SSSR count). The summed E-state index contributed by atoms with van der Waals surface area (Å²) >= 11 is 13.2. The lowest BCUT2D eigenvalue weighted by atomic mass is 9.98. The average Bonchev–Trinajstić information content (AvgIpc) is 2.73. The van der Waals surface area contributed by atoms with Crippen molar-refractivity contribution in [1.29, 1.82) is 0 Å². The Balaban J connectivity index is 1.99. The lowest BCUT2D eigenvalue weighted by Crippen LogP contribution is -2.37. The molecule has 0 saturated carbocycles. The van der Waals surface area contributed by atoms with Gasteiger partial charge in [0.2, 0.25) is 10.0 Å². The Morgan fingerprint density at radius 3 is 2.72 bits per heavy atom. The number of carbonyl (C=O) groups is 1. The lowest BCUT2D eigenvalue weighted by molar-refractivity contribution is 0.0981. The van der Waals surface area contributed by atoms with Crippen molar-refractivity contribution in [3.8, 4) is 0 Å². The van der Waals surface area contributed by atoms with Crippen LogP contribution in [0.25, 0.3) is 10.9 Å². The standard InChI is InChI=1S/C22H25Cl2N3O4S/c1-3-4-7-12-32(30,31)26-20(28)16-9-10-17-18(13-16)27(15(2)25-21(17)29)14-22(24)11-6-5-8-19(22)23/h5-6,8-11,13,19H,3-4,7,12,14H2,1-2H3,(H,26,28). The molecule has 2 atom stereocenters. The monoisotopic (exact) mass is 497 g/mol. The zero-order valence-corrected chi connectivity index (χ0v) is 20.2. The van der Waals surface area contributed by atoms with Crippen LogP contribution in [-0.4, -0.2) is 39.9 Å². The molecule has 0 bridgehead atoms. The van der Waals surface area contributed by atoms with E-state index in [0.29, 0.717) is 23.1 Å². The summed E-state index contributed by atoms with van der Waals surface area (Å²) in [5.74, 6) is -0.480. The van der Waals surface area contributed by atoms with Crippen molar-refractivity contribution in [3.63, 3.8) is 0 Å². The third-order valence-electron chi connectivity index (χ3n) is 5.32. The molecule has 10 heteroatoms. The third kappa shape index (κ3) is 5.42. The average molecular weight is 498 g/mol. The van der Waals surface area contributed by atoms with E-state index in [1.165, 1.54) is 18.2 Å². The van der Waals surface area contributed by atoms with Crippen LogP contribution in [0.5, 0.6) is 0 Å². The summed E-state index contributed by atoms with van der Waals surface area (Å²) in [5.41, 5.74) is 0.0869. The number of aryl methyl sites for hydroxylation is 1. The molecule has 172 valence electrons. The summed E-state index contributed by atoms with van der Waals surface area (Å²) in [4.78, 5) is 28.2. The van der Waals surface area contributed by atoms with Gasteiger partial charge in [0.1, 0.15) is 10.7 Å². The highest BCUT2D eigenvalue weighted by Gasteiger charge is 2.34. The maximum Gasteiger partial charge on any atom is 0.280 e. The van der Waals surface area contributed by atoms with E-state index < -0.39 is 31.7 Å². The summed E-state index contributed by atoms with van der Waals surface area (Å²) in [6.45, 7) is 3.82. The number of hydrogen-bond donors (Lipinski definition) is 1. The van der Waals surface area contributed by atoms with Gasteiger partial charge in [-0.2, -0.15) is 4.98 Å². The molecule has 1 aliphatic carbocycles. The maximum atomic E-state index is 12.7. The van der Waals surface area contributed by atoms with Gasteiger partial charge < -0.3 is 4.57 Å². The smallest absolute Gasteiger partial charge is 0.280 e. The van der Waals surface area contributed by atoms with Crippen LogP contribution in [0, 0.1) is 6.92 Å². The van der Waals surface area contributed by atoms with E-state index in [-0.39, 0.29) is 17.9 Å². The summed E-state index contributed by atoms with van der Waals surface area (Å²) in [5, 5.41) is -0.206. The Labute approximate surface area is 197 Å². The molecule has 1 aromatic carbocycles. The molecule has 32 heavy (non-hydrogen) atoms.